The quantitative estimate of drug-likeness (QED) is 0.564. The van der Waals surface area contributed by atoms with Crippen LogP contribution in [-0.2, 0) is 12.8 Å². The summed E-state index contributed by atoms with van der Waals surface area (Å²) in [7, 11) is 0. The van der Waals surface area contributed by atoms with Crippen LogP contribution in [0.15, 0.2) is 11.2 Å². The summed E-state index contributed by atoms with van der Waals surface area (Å²) in [6.45, 7) is 7.72. The molecule has 1 unspecified atom stereocenters. The fraction of sp³-hybridized carbons (Fsp3) is 0.789. The fourth-order valence-corrected chi connectivity index (χ4v) is 3.83. The molecule has 1 heterocycles. The molecule has 2 aliphatic carbocycles. The van der Waals surface area contributed by atoms with E-state index in [0.29, 0.717) is 18.6 Å². The highest BCUT2D eigenvalue weighted by Gasteiger charge is 2.31. The lowest BCUT2D eigenvalue weighted by atomic mass is 9.94. The van der Waals surface area contributed by atoms with E-state index in [1.807, 2.05) is 0 Å². The van der Waals surface area contributed by atoms with Crippen molar-refractivity contribution in [2.75, 3.05) is 13.1 Å². The minimum absolute atomic E-state index is 0.346. The summed E-state index contributed by atoms with van der Waals surface area (Å²) >= 11 is 0. The summed E-state index contributed by atoms with van der Waals surface area (Å²) in [5, 5.41) is 22.2. The molecule has 6 nitrogen and oxygen atoms in total. The second-order valence-electron chi connectivity index (χ2n) is 7.89. The van der Waals surface area contributed by atoms with Gasteiger partial charge in [0.1, 0.15) is 0 Å². The largest absolute Gasteiger partial charge is 0.388 e. The number of aromatic nitrogens is 2. The zero-order chi connectivity index (χ0) is 17.9. The van der Waals surface area contributed by atoms with Crippen molar-refractivity contribution in [2.24, 2.45) is 4.99 Å². The van der Waals surface area contributed by atoms with Gasteiger partial charge in [0.15, 0.2) is 5.96 Å². The molecule has 3 N–H and O–H groups in total. The smallest absolute Gasteiger partial charge is 0.191 e. The Labute approximate surface area is 151 Å². The van der Waals surface area contributed by atoms with Crippen molar-refractivity contribution in [1.29, 1.82) is 0 Å². The maximum atomic E-state index is 10.5. The van der Waals surface area contributed by atoms with Crippen LogP contribution >= 0.6 is 0 Å². The zero-order valence-electron chi connectivity index (χ0n) is 15.9. The third kappa shape index (κ3) is 4.54. The number of aliphatic imine (C=N–C) groups is 1. The van der Waals surface area contributed by atoms with Crippen LogP contribution in [-0.4, -0.2) is 45.6 Å². The first-order valence-electron chi connectivity index (χ1n) is 9.83. The molecule has 1 fully saturated rings. The average Bonchev–Trinajstić information content (AvgIpc) is 3.19. The van der Waals surface area contributed by atoms with Crippen molar-refractivity contribution < 1.29 is 5.11 Å². The number of aryl methyl sites for hydroxylation is 1. The van der Waals surface area contributed by atoms with Crippen molar-refractivity contribution in [2.45, 2.75) is 83.4 Å². The first kappa shape index (κ1) is 18.2. The van der Waals surface area contributed by atoms with Gasteiger partial charge in [0.05, 0.1) is 17.8 Å². The van der Waals surface area contributed by atoms with E-state index >= 15 is 0 Å². The van der Waals surface area contributed by atoms with Gasteiger partial charge in [-0.1, -0.05) is 12.8 Å². The number of fused-ring (bicyclic) bond motifs is 1. The van der Waals surface area contributed by atoms with Crippen LogP contribution in [0.2, 0.25) is 0 Å². The summed E-state index contributed by atoms with van der Waals surface area (Å²) in [6.07, 6.45) is 9.24. The van der Waals surface area contributed by atoms with Crippen molar-refractivity contribution in [1.82, 2.24) is 20.4 Å². The van der Waals surface area contributed by atoms with Crippen molar-refractivity contribution in [3.8, 4) is 0 Å². The lowest BCUT2D eigenvalue weighted by Crippen LogP contribution is -2.46. The van der Waals surface area contributed by atoms with Crippen LogP contribution in [0.1, 0.15) is 70.2 Å². The van der Waals surface area contributed by atoms with E-state index in [4.69, 9.17) is 5.10 Å². The summed E-state index contributed by atoms with van der Waals surface area (Å²) in [6, 6.07) is 0.752. The molecule has 0 saturated heterocycles. The number of guanidine groups is 1. The molecular weight excluding hydrogens is 314 g/mol. The minimum Gasteiger partial charge on any atom is -0.388 e. The van der Waals surface area contributed by atoms with Gasteiger partial charge in [0, 0.05) is 31.2 Å². The Balaban J connectivity index is 1.62. The average molecular weight is 348 g/mol. The van der Waals surface area contributed by atoms with Gasteiger partial charge >= 0.3 is 0 Å². The Morgan fingerprint density at radius 1 is 1.44 bits per heavy atom. The van der Waals surface area contributed by atoms with Crippen LogP contribution in [0, 0.1) is 0 Å². The first-order chi connectivity index (χ1) is 12.0. The lowest BCUT2D eigenvalue weighted by molar-refractivity contribution is 0.0574. The minimum atomic E-state index is -0.599. The van der Waals surface area contributed by atoms with Crippen molar-refractivity contribution in [3.63, 3.8) is 0 Å². The van der Waals surface area contributed by atoms with Crippen LogP contribution in [0.4, 0.5) is 0 Å². The highest BCUT2D eigenvalue weighted by Crippen LogP contribution is 2.29. The van der Waals surface area contributed by atoms with Crippen LogP contribution < -0.4 is 10.6 Å². The molecule has 140 valence electrons. The van der Waals surface area contributed by atoms with E-state index in [-0.39, 0.29) is 0 Å². The predicted molar refractivity (Wildman–Crippen MR) is 101 cm³/mol. The lowest BCUT2D eigenvalue weighted by Gasteiger charge is -2.25. The Kier molecular flexibility index (Phi) is 5.67. The number of nitrogens with one attached hydrogen (secondary N) is 2. The third-order valence-electron chi connectivity index (χ3n) is 5.38. The van der Waals surface area contributed by atoms with Gasteiger partial charge in [-0.25, -0.2) is 0 Å². The third-order valence-corrected chi connectivity index (χ3v) is 5.38. The van der Waals surface area contributed by atoms with E-state index in [2.05, 4.69) is 47.3 Å². The molecule has 1 aromatic rings. The Morgan fingerprint density at radius 3 is 2.88 bits per heavy atom. The van der Waals surface area contributed by atoms with Gasteiger partial charge in [0.2, 0.25) is 0 Å². The van der Waals surface area contributed by atoms with Gasteiger partial charge in [0.25, 0.3) is 0 Å². The molecule has 3 rings (SSSR count). The van der Waals surface area contributed by atoms with Gasteiger partial charge in [-0.15, -0.1) is 0 Å². The van der Waals surface area contributed by atoms with Crippen LogP contribution in [0.5, 0.6) is 0 Å². The first-order valence-corrected chi connectivity index (χ1v) is 9.83. The SMILES string of the molecule is CCNC(=NCC1(O)CCCC1)NC1CCc2cn(C(C)C)nc2C1. The highest BCUT2D eigenvalue weighted by atomic mass is 16.3. The number of aliphatic hydroxyl groups is 1. The predicted octanol–water partition coefficient (Wildman–Crippen LogP) is 2.18. The van der Waals surface area contributed by atoms with Gasteiger partial charge in [-0.2, -0.15) is 5.10 Å². The molecule has 0 spiro atoms. The molecule has 6 heteroatoms. The Bertz CT molecular complexity index is 601. The van der Waals surface area contributed by atoms with Crippen molar-refractivity contribution in [3.05, 3.63) is 17.5 Å². The molecule has 0 amide bonds. The molecular formula is C19H33N5O. The second kappa shape index (κ2) is 7.77. The van der Waals surface area contributed by atoms with E-state index < -0.39 is 5.60 Å². The Hall–Kier alpha value is -1.56. The maximum absolute atomic E-state index is 10.5. The summed E-state index contributed by atoms with van der Waals surface area (Å²) < 4.78 is 2.07. The Morgan fingerprint density at radius 2 is 2.20 bits per heavy atom. The maximum Gasteiger partial charge on any atom is 0.191 e. The second-order valence-corrected chi connectivity index (χ2v) is 7.89. The fourth-order valence-electron chi connectivity index (χ4n) is 3.83. The van der Waals surface area contributed by atoms with Gasteiger partial charge in [-0.3, -0.25) is 9.67 Å². The normalized spacial score (nSPS) is 22.9. The molecule has 1 saturated carbocycles. The molecule has 2 aliphatic rings. The van der Waals surface area contributed by atoms with E-state index in [1.54, 1.807) is 0 Å². The van der Waals surface area contributed by atoms with Gasteiger partial charge in [-0.05, 0) is 52.0 Å². The monoisotopic (exact) mass is 347 g/mol. The number of rotatable bonds is 5. The zero-order valence-corrected chi connectivity index (χ0v) is 15.9. The topological polar surface area (TPSA) is 74.5 Å². The van der Waals surface area contributed by atoms with E-state index in [9.17, 15) is 5.11 Å². The molecule has 0 aromatic carbocycles. The molecule has 0 radical (unpaired) electrons. The summed E-state index contributed by atoms with van der Waals surface area (Å²) in [5.41, 5.74) is 2.00. The molecule has 1 aromatic heterocycles. The highest BCUT2D eigenvalue weighted by molar-refractivity contribution is 5.80. The van der Waals surface area contributed by atoms with Crippen LogP contribution in [0.3, 0.4) is 0 Å². The van der Waals surface area contributed by atoms with Crippen LogP contribution in [0.25, 0.3) is 0 Å². The molecule has 0 bridgehead atoms. The number of nitrogens with zero attached hydrogens (tertiary/aromatic N) is 3. The number of hydrogen-bond donors (Lipinski definition) is 3. The molecule has 1 atom stereocenters. The van der Waals surface area contributed by atoms with E-state index in [0.717, 1.165) is 57.5 Å². The van der Waals surface area contributed by atoms with Gasteiger partial charge < -0.3 is 15.7 Å². The molecule has 0 aliphatic heterocycles. The van der Waals surface area contributed by atoms with Crippen molar-refractivity contribution >= 4 is 5.96 Å². The standard InChI is InChI=1S/C19H33N5O/c1-4-20-18(21-13-19(25)9-5-6-10-19)22-16-8-7-15-12-24(14(2)3)23-17(15)11-16/h12,14,16,25H,4-11,13H2,1-3H3,(H2,20,21,22). The summed E-state index contributed by atoms with van der Waals surface area (Å²) in [4.78, 5) is 4.67. The molecule has 25 heavy (non-hydrogen) atoms. The summed E-state index contributed by atoms with van der Waals surface area (Å²) in [5.74, 6) is 0.819. The van der Waals surface area contributed by atoms with E-state index in [1.165, 1.54) is 11.3 Å². The number of hydrogen-bond acceptors (Lipinski definition) is 3.